The number of phosphoric ester groups is 1. The maximum atomic E-state index is 12.7. The Hall–Kier alpha value is -1.25. The third kappa shape index (κ3) is 42.2. The van der Waals surface area contributed by atoms with Crippen molar-refractivity contribution in [3.05, 3.63) is 12.2 Å². The zero-order chi connectivity index (χ0) is 40.7. The van der Waals surface area contributed by atoms with Crippen molar-refractivity contribution in [3.8, 4) is 0 Å². The summed E-state index contributed by atoms with van der Waals surface area (Å²) in [5, 5.41) is 0. The van der Waals surface area contributed by atoms with Gasteiger partial charge in [0.25, 0.3) is 7.82 Å². The zero-order valence-corrected chi connectivity index (χ0v) is 37.5. The van der Waals surface area contributed by atoms with Gasteiger partial charge < -0.3 is 27.9 Å². The summed E-state index contributed by atoms with van der Waals surface area (Å²) in [6.07, 6.45) is 39.4. The standard InChI is InChI=1S/C45H88NO8P/c1-6-8-10-12-14-16-18-20-22-24-25-27-29-31-33-35-37-44(47)51-41-43(42-53-55(49,50)52-40-39-46(3,4)5)54-45(48)38-36-34-32-30-28-26-23-21-19-17-15-13-11-9-7-2/h13,15,43H,6-12,14,16-42H2,1-5H3/b15-13+/t43-/m1/s1. The summed E-state index contributed by atoms with van der Waals surface area (Å²) in [6, 6.07) is 0. The van der Waals surface area contributed by atoms with E-state index in [2.05, 4.69) is 26.0 Å². The van der Waals surface area contributed by atoms with Crippen LogP contribution in [0.4, 0.5) is 0 Å². The second-order valence-electron chi connectivity index (χ2n) is 16.8. The molecule has 0 saturated heterocycles. The molecule has 326 valence electrons. The van der Waals surface area contributed by atoms with Crippen LogP contribution in [0.5, 0.6) is 0 Å². The van der Waals surface area contributed by atoms with Crippen molar-refractivity contribution in [2.24, 2.45) is 0 Å². The van der Waals surface area contributed by atoms with Crippen molar-refractivity contribution in [1.82, 2.24) is 0 Å². The molecule has 0 N–H and O–H groups in total. The van der Waals surface area contributed by atoms with Gasteiger partial charge in [-0.25, -0.2) is 0 Å². The molecule has 0 aromatic rings. The van der Waals surface area contributed by atoms with Crippen molar-refractivity contribution in [2.45, 2.75) is 219 Å². The first kappa shape index (κ1) is 53.8. The van der Waals surface area contributed by atoms with E-state index in [-0.39, 0.29) is 32.0 Å². The highest BCUT2D eigenvalue weighted by atomic mass is 31.2. The first-order valence-electron chi connectivity index (χ1n) is 22.9. The summed E-state index contributed by atoms with van der Waals surface area (Å²) < 4.78 is 33.9. The van der Waals surface area contributed by atoms with E-state index in [4.69, 9.17) is 18.5 Å². The third-order valence-electron chi connectivity index (χ3n) is 10.0. The molecular formula is C45H88NO8P. The number of esters is 2. The average Bonchev–Trinajstić information content (AvgIpc) is 3.13. The zero-order valence-electron chi connectivity index (χ0n) is 36.6. The molecule has 0 aromatic carbocycles. The molecule has 0 bridgehead atoms. The first-order chi connectivity index (χ1) is 26.5. The molecule has 0 aromatic heterocycles. The van der Waals surface area contributed by atoms with Gasteiger partial charge in [-0.3, -0.25) is 14.2 Å². The van der Waals surface area contributed by atoms with Crippen LogP contribution in [-0.4, -0.2) is 70.0 Å². The van der Waals surface area contributed by atoms with Crippen LogP contribution < -0.4 is 4.89 Å². The van der Waals surface area contributed by atoms with Crippen molar-refractivity contribution < 1.29 is 42.1 Å². The van der Waals surface area contributed by atoms with E-state index < -0.39 is 26.5 Å². The smallest absolute Gasteiger partial charge is 0.306 e. The van der Waals surface area contributed by atoms with Gasteiger partial charge in [-0.15, -0.1) is 0 Å². The lowest BCUT2D eigenvalue weighted by Crippen LogP contribution is -2.37. The van der Waals surface area contributed by atoms with Crippen molar-refractivity contribution in [3.63, 3.8) is 0 Å². The number of allylic oxidation sites excluding steroid dienone is 2. The average molecular weight is 802 g/mol. The summed E-state index contributed by atoms with van der Waals surface area (Å²) in [5.41, 5.74) is 0. The molecule has 0 radical (unpaired) electrons. The van der Waals surface area contributed by atoms with Crippen LogP contribution in [0.1, 0.15) is 213 Å². The fourth-order valence-corrected chi connectivity index (χ4v) is 7.13. The molecule has 0 aliphatic heterocycles. The Morgan fingerprint density at radius 3 is 1.40 bits per heavy atom. The van der Waals surface area contributed by atoms with Crippen LogP contribution in [0.3, 0.4) is 0 Å². The number of unbranched alkanes of at least 4 members (excludes halogenated alkanes) is 26. The number of rotatable bonds is 42. The summed E-state index contributed by atoms with van der Waals surface area (Å²) in [4.78, 5) is 37.5. The Labute approximate surface area is 339 Å². The predicted molar refractivity (Wildman–Crippen MR) is 227 cm³/mol. The van der Waals surface area contributed by atoms with E-state index in [0.29, 0.717) is 17.4 Å². The molecule has 0 saturated carbocycles. The lowest BCUT2D eigenvalue weighted by Gasteiger charge is -2.28. The van der Waals surface area contributed by atoms with E-state index in [1.54, 1.807) is 0 Å². The van der Waals surface area contributed by atoms with Crippen LogP contribution in [0.25, 0.3) is 0 Å². The van der Waals surface area contributed by atoms with Gasteiger partial charge in [0.05, 0.1) is 27.7 Å². The fraction of sp³-hybridized carbons (Fsp3) is 0.911. The number of quaternary nitrogens is 1. The van der Waals surface area contributed by atoms with Crippen LogP contribution >= 0.6 is 7.82 Å². The maximum Gasteiger partial charge on any atom is 0.306 e. The third-order valence-corrected chi connectivity index (χ3v) is 11.0. The van der Waals surface area contributed by atoms with Gasteiger partial charge in [-0.2, -0.15) is 0 Å². The van der Waals surface area contributed by atoms with Gasteiger partial charge in [-0.1, -0.05) is 180 Å². The Kier molecular flexibility index (Phi) is 37.4. The van der Waals surface area contributed by atoms with Crippen LogP contribution in [-0.2, 0) is 32.7 Å². The lowest BCUT2D eigenvalue weighted by atomic mass is 10.0. The maximum absolute atomic E-state index is 12.7. The van der Waals surface area contributed by atoms with Crippen LogP contribution in [0, 0.1) is 0 Å². The number of ether oxygens (including phenoxy) is 2. The highest BCUT2D eigenvalue weighted by Crippen LogP contribution is 2.38. The minimum absolute atomic E-state index is 0.0280. The molecular weight excluding hydrogens is 713 g/mol. The SMILES string of the molecule is CCCC/C=C/CCCCCCCCCCCC(=O)O[C@H](COC(=O)CCCCCCCCCCCCCCCCCC)COP(=O)([O-])OCC[N+](C)(C)C. The molecule has 0 aliphatic carbocycles. The van der Waals surface area contributed by atoms with Gasteiger partial charge in [-0.05, 0) is 32.1 Å². The number of likely N-dealkylation sites (N-methyl/N-ethyl adjacent to an activating group) is 1. The molecule has 0 spiro atoms. The molecule has 0 amide bonds. The Bertz CT molecular complexity index is 954. The molecule has 1 unspecified atom stereocenters. The molecule has 0 aliphatic rings. The van der Waals surface area contributed by atoms with Gasteiger partial charge in [0, 0.05) is 12.8 Å². The highest BCUT2D eigenvalue weighted by molar-refractivity contribution is 7.45. The van der Waals surface area contributed by atoms with E-state index in [1.807, 2.05) is 21.1 Å². The van der Waals surface area contributed by atoms with E-state index >= 15 is 0 Å². The van der Waals surface area contributed by atoms with Crippen molar-refractivity contribution >= 4 is 19.8 Å². The fourth-order valence-electron chi connectivity index (χ4n) is 6.40. The molecule has 10 heteroatoms. The van der Waals surface area contributed by atoms with Crippen molar-refractivity contribution in [1.29, 1.82) is 0 Å². The monoisotopic (exact) mass is 802 g/mol. The highest BCUT2D eigenvalue weighted by Gasteiger charge is 2.21. The quantitative estimate of drug-likeness (QED) is 0.0197. The Balaban J connectivity index is 4.30. The van der Waals surface area contributed by atoms with Gasteiger partial charge in [0.15, 0.2) is 6.10 Å². The topological polar surface area (TPSA) is 111 Å². The molecule has 0 heterocycles. The van der Waals surface area contributed by atoms with Crippen LogP contribution in [0.15, 0.2) is 12.2 Å². The second-order valence-corrected chi connectivity index (χ2v) is 18.2. The van der Waals surface area contributed by atoms with Crippen LogP contribution in [0.2, 0.25) is 0 Å². The second kappa shape index (κ2) is 38.3. The Morgan fingerprint density at radius 1 is 0.545 bits per heavy atom. The number of phosphoric acid groups is 1. The molecule has 55 heavy (non-hydrogen) atoms. The first-order valence-corrected chi connectivity index (χ1v) is 24.4. The minimum atomic E-state index is -4.62. The number of carbonyl (C=O) groups is 2. The largest absolute Gasteiger partial charge is 0.756 e. The van der Waals surface area contributed by atoms with Gasteiger partial charge in [0.1, 0.15) is 19.8 Å². The van der Waals surface area contributed by atoms with Crippen molar-refractivity contribution in [2.75, 3.05) is 47.5 Å². The van der Waals surface area contributed by atoms with E-state index in [0.717, 1.165) is 38.5 Å². The molecule has 0 fully saturated rings. The van der Waals surface area contributed by atoms with E-state index in [9.17, 15) is 19.0 Å². The number of hydrogen-bond donors (Lipinski definition) is 0. The summed E-state index contributed by atoms with van der Waals surface area (Å²) >= 11 is 0. The van der Waals surface area contributed by atoms with Gasteiger partial charge in [0.2, 0.25) is 0 Å². The van der Waals surface area contributed by atoms with Gasteiger partial charge >= 0.3 is 11.9 Å². The predicted octanol–water partition coefficient (Wildman–Crippen LogP) is 12.3. The molecule has 2 atom stereocenters. The Morgan fingerprint density at radius 2 is 0.945 bits per heavy atom. The summed E-state index contributed by atoms with van der Waals surface area (Å²) in [6.45, 7) is 4.22. The molecule has 9 nitrogen and oxygen atoms in total. The number of nitrogens with zero attached hydrogens (tertiary/aromatic N) is 1. The lowest BCUT2D eigenvalue weighted by molar-refractivity contribution is -0.870. The summed E-state index contributed by atoms with van der Waals surface area (Å²) in [7, 11) is 1.17. The van der Waals surface area contributed by atoms with E-state index in [1.165, 1.54) is 141 Å². The number of hydrogen-bond acceptors (Lipinski definition) is 8. The molecule has 0 rings (SSSR count). The normalized spacial score (nSPS) is 13.6. The number of carbonyl (C=O) groups excluding carboxylic acids is 2. The minimum Gasteiger partial charge on any atom is -0.756 e. The summed E-state index contributed by atoms with van der Waals surface area (Å²) in [5.74, 6) is -0.826.